The highest BCUT2D eigenvalue weighted by atomic mass is 32.2. The number of aromatic nitrogens is 2. The zero-order valence-corrected chi connectivity index (χ0v) is 20.2. The van der Waals surface area contributed by atoms with Crippen LogP contribution in [-0.4, -0.2) is 60.1 Å². The standard InChI is InChI=1S/C25H30N4O3S/c1-18-6-4-7-20(14-18)24-26-27-25(32-24)33-17-23(30)29(16-22-8-5-13-31-22)15-19-9-11-21(12-10-19)28(2)3/h4,6-7,9-12,14,22H,5,8,13,15-17H2,1-3H3. The van der Waals surface area contributed by atoms with Crippen LogP contribution >= 0.6 is 11.8 Å². The first-order valence-corrected chi connectivity index (χ1v) is 12.2. The molecule has 1 aliphatic rings. The highest BCUT2D eigenvalue weighted by Gasteiger charge is 2.23. The third-order valence-electron chi connectivity index (χ3n) is 5.62. The van der Waals surface area contributed by atoms with Crippen molar-refractivity contribution < 1.29 is 13.9 Å². The van der Waals surface area contributed by atoms with Gasteiger partial charge in [0, 0.05) is 45.0 Å². The molecule has 0 spiro atoms. The zero-order valence-electron chi connectivity index (χ0n) is 19.4. The molecule has 7 nitrogen and oxygen atoms in total. The van der Waals surface area contributed by atoms with Crippen LogP contribution in [-0.2, 0) is 16.1 Å². The van der Waals surface area contributed by atoms with Gasteiger partial charge in [0.2, 0.25) is 11.8 Å². The van der Waals surface area contributed by atoms with Crippen molar-refractivity contribution in [2.75, 3.05) is 37.9 Å². The number of carbonyl (C=O) groups excluding carboxylic acids is 1. The van der Waals surface area contributed by atoms with Gasteiger partial charge in [-0.2, -0.15) is 0 Å². The summed E-state index contributed by atoms with van der Waals surface area (Å²) in [7, 11) is 4.03. The molecule has 33 heavy (non-hydrogen) atoms. The largest absolute Gasteiger partial charge is 0.411 e. The van der Waals surface area contributed by atoms with Gasteiger partial charge in [0.25, 0.3) is 5.22 Å². The topological polar surface area (TPSA) is 71.7 Å². The van der Waals surface area contributed by atoms with Crippen LogP contribution in [0.15, 0.2) is 58.2 Å². The van der Waals surface area contributed by atoms with E-state index in [1.807, 2.05) is 50.2 Å². The Labute approximate surface area is 199 Å². The highest BCUT2D eigenvalue weighted by molar-refractivity contribution is 7.99. The van der Waals surface area contributed by atoms with Gasteiger partial charge < -0.3 is 19.0 Å². The van der Waals surface area contributed by atoms with E-state index in [1.165, 1.54) is 11.8 Å². The number of rotatable bonds is 9. The monoisotopic (exact) mass is 466 g/mol. The predicted octanol–water partition coefficient (Wildman–Crippen LogP) is 4.41. The van der Waals surface area contributed by atoms with Gasteiger partial charge in [-0.3, -0.25) is 4.79 Å². The number of benzene rings is 2. The molecule has 4 rings (SSSR count). The fourth-order valence-electron chi connectivity index (χ4n) is 3.79. The number of hydrogen-bond acceptors (Lipinski definition) is 7. The van der Waals surface area contributed by atoms with Crippen LogP contribution in [0.3, 0.4) is 0 Å². The molecule has 1 amide bonds. The van der Waals surface area contributed by atoms with Gasteiger partial charge in [-0.25, -0.2) is 0 Å². The van der Waals surface area contributed by atoms with E-state index in [4.69, 9.17) is 9.15 Å². The van der Waals surface area contributed by atoms with Crippen molar-refractivity contribution >= 4 is 23.4 Å². The molecule has 8 heteroatoms. The average Bonchev–Trinajstić information content (AvgIpc) is 3.50. The van der Waals surface area contributed by atoms with Gasteiger partial charge >= 0.3 is 0 Å². The van der Waals surface area contributed by atoms with Crippen LogP contribution < -0.4 is 4.90 Å². The van der Waals surface area contributed by atoms with E-state index in [0.29, 0.717) is 24.2 Å². The number of nitrogens with zero attached hydrogens (tertiary/aromatic N) is 4. The Balaban J connectivity index is 1.40. The number of thioether (sulfide) groups is 1. The third kappa shape index (κ3) is 6.36. The molecule has 2 heterocycles. The molecule has 3 aromatic rings. The zero-order chi connectivity index (χ0) is 23.2. The molecule has 1 aliphatic heterocycles. The number of carbonyl (C=O) groups is 1. The molecular weight excluding hydrogens is 436 g/mol. The summed E-state index contributed by atoms with van der Waals surface area (Å²) in [5, 5.41) is 8.65. The fourth-order valence-corrected chi connectivity index (χ4v) is 4.45. The van der Waals surface area contributed by atoms with E-state index in [1.54, 1.807) is 0 Å². The van der Waals surface area contributed by atoms with Gasteiger partial charge in [0.05, 0.1) is 11.9 Å². The third-order valence-corrected chi connectivity index (χ3v) is 6.42. The minimum absolute atomic E-state index is 0.0301. The molecule has 1 unspecified atom stereocenters. The molecule has 0 radical (unpaired) electrons. The van der Waals surface area contributed by atoms with Gasteiger partial charge in [-0.15, -0.1) is 10.2 Å². The van der Waals surface area contributed by atoms with E-state index in [-0.39, 0.29) is 17.8 Å². The number of amides is 1. The Kier molecular flexibility index (Phi) is 7.67. The molecule has 0 aliphatic carbocycles. The van der Waals surface area contributed by atoms with E-state index in [0.717, 1.165) is 41.8 Å². The predicted molar refractivity (Wildman–Crippen MR) is 130 cm³/mol. The van der Waals surface area contributed by atoms with Gasteiger partial charge in [-0.05, 0) is 49.6 Å². The Bertz CT molecular complexity index is 1060. The van der Waals surface area contributed by atoms with Crippen LogP contribution in [0.1, 0.15) is 24.0 Å². The van der Waals surface area contributed by atoms with Crippen LogP contribution in [0.5, 0.6) is 0 Å². The normalized spacial score (nSPS) is 15.5. The Morgan fingerprint density at radius 3 is 2.67 bits per heavy atom. The molecule has 1 saturated heterocycles. The van der Waals surface area contributed by atoms with E-state index in [9.17, 15) is 4.79 Å². The van der Waals surface area contributed by atoms with Gasteiger partial charge in [0.1, 0.15) is 0 Å². The number of ether oxygens (including phenoxy) is 1. The minimum atomic E-state index is 0.0301. The lowest BCUT2D eigenvalue weighted by Crippen LogP contribution is -2.38. The molecular formula is C25H30N4O3S. The molecule has 174 valence electrons. The lowest BCUT2D eigenvalue weighted by molar-refractivity contribution is -0.130. The van der Waals surface area contributed by atoms with Crippen molar-refractivity contribution in [3.05, 3.63) is 59.7 Å². The first kappa shape index (κ1) is 23.3. The molecule has 0 bridgehead atoms. The van der Waals surface area contributed by atoms with Gasteiger partial charge in [0.15, 0.2) is 0 Å². The van der Waals surface area contributed by atoms with Crippen LogP contribution in [0.2, 0.25) is 0 Å². The molecule has 0 saturated carbocycles. The van der Waals surface area contributed by atoms with Crippen molar-refractivity contribution in [2.24, 2.45) is 0 Å². The molecule has 1 atom stereocenters. The van der Waals surface area contributed by atoms with E-state index >= 15 is 0 Å². The summed E-state index contributed by atoms with van der Waals surface area (Å²) >= 11 is 1.27. The second kappa shape index (κ2) is 10.9. The molecule has 2 aromatic carbocycles. The van der Waals surface area contributed by atoms with Crippen molar-refractivity contribution in [1.29, 1.82) is 0 Å². The van der Waals surface area contributed by atoms with Crippen LogP contribution in [0.4, 0.5) is 5.69 Å². The second-order valence-corrected chi connectivity index (χ2v) is 9.43. The second-order valence-electron chi connectivity index (χ2n) is 8.50. The molecule has 1 fully saturated rings. The average molecular weight is 467 g/mol. The Morgan fingerprint density at radius 2 is 1.97 bits per heavy atom. The Hall–Kier alpha value is -2.84. The molecule has 1 aromatic heterocycles. The van der Waals surface area contributed by atoms with Crippen molar-refractivity contribution in [2.45, 2.75) is 37.6 Å². The summed E-state index contributed by atoms with van der Waals surface area (Å²) < 4.78 is 11.6. The summed E-state index contributed by atoms with van der Waals surface area (Å²) in [4.78, 5) is 17.1. The minimum Gasteiger partial charge on any atom is -0.411 e. The first-order chi connectivity index (χ1) is 16.0. The van der Waals surface area contributed by atoms with Crippen molar-refractivity contribution in [3.8, 4) is 11.5 Å². The molecule has 0 N–H and O–H groups in total. The summed E-state index contributed by atoms with van der Waals surface area (Å²) in [6.07, 6.45) is 2.12. The maximum absolute atomic E-state index is 13.2. The smallest absolute Gasteiger partial charge is 0.277 e. The van der Waals surface area contributed by atoms with Crippen LogP contribution in [0.25, 0.3) is 11.5 Å². The lowest BCUT2D eigenvalue weighted by atomic mass is 10.1. The van der Waals surface area contributed by atoms with Crippen LogP contribution in [0, 0.1) is 6.92 Å². The van der Waals surface area contributed by atoms with Crippen molar-refractivity contribution in [3.63, 3.8) is 0 Å². The SMILES string of the molecule is Cc1cccc(-c2nnc(SCC(=O)N(Cc3ccc(N(C)C)cc3)CC3CCCO3)o2)c1. The number of aryl methyl sites for hydroxylation is 1. The van der Waals surface area contributed by atoms with Gasteiger partial charge in [-0.1, -0.05) is 41.6 Å². The van der Waals surface area contributed by atoms with Crippen molar-refractivity contribution in [1.82, 2.24) is 15.1 Å². The quantitative estimate of drug-likeness (QED) is 0.433. The fraction of sp³-hybridized carbons (Fsp3) is 0.400. The maximum atomic E-state index is 13.2. The summed E-state index contributed by atoms with van der Waals surface area (Å²) in [6, 6.07) is 16.2. The highest BCUT2D eigenvalue weighted by Crippen LogP contribution is 2.25. The number of anilines is 1. The maximum Gasteiger partial charge on any atom is 0.277 e. The van der Waals surface area contributed by atoms with E-state index < -0.39 is 0 Å². The number of hydrogen-bond donors (Lipinski definition) is 0. The summed E-state index contributed by atoms with van der Waals surface area (Å²) in [5.74, 6) is 0.728. The van der Waals surface area contributed by atoms with E-state index in [2.05, 4.69) is 39.4 Å². The summed E-state index contributed by atoms with van der Waals surface area (Å²) in [6.45, 7) is 3.92. The first-order valence-electron chi connectivity index (χ1n) is 11.2. The summed E-state index contributed by atoms with van der Waals surface area (Å²) in [5.41, 5.74) is 4.23. The lowest BCUT2D eigenvalue weighted by Gasteiger charge is -2.25. The Morgan fingerprint density at radius 1 is 1.15 bits per heavy atom.